The summed E-state index contributed by atoms with van der Waals surface area (Å²) < 4.78 is 0. The molecule has 0 bridgehead atoms. The number of hydrogen-bond donors (Lipinski definition) is 2. The number of nitrogens with one attached hydrogen (secondary N) is 1. The van der Waals surface area contributed by atoms with E-state index in [1.165, 1.54) is 25.7 Å². The fourth-order valence-corrected chi connectivity index (χ4v) is 2.30. The smallest absolute Gasteiger partial charge is 0.329 e. The zero-order chi connectivity index (χ0) is 12.9. The lowest BCUT2D eigenvalue weighted by molar-refractivity contribution is -0.147. The molecule has 1 rings (SSSR count). The molecule has 1 amide bonds. The average molecular weight is 241 g/mol. The third-order valence-electron chi connectivity index (χ3n) is 3.85. The third-order valence-corrected chi connectivity index (χ3v) is 3.85. The Balaban J connectivity index is 2.34. The topological polar surface area (TPSA) is 66.4 Å². The van der Waals surface area contributed by atoms with Gasteiger partial charge < -0.3 is 10.4 Å². The first-order valence-electron chi connectivity index (χ1n) is 6.52. The second-order valence-corrected chi connectivity index (χ2v) is 5.23. The molecule has 1 aliphatic carbocycles. The highest BCUT2D eigenvalue weighted by atomic mass is 16.4. The standard InChI is InChI=1S/C13H23NO3/c1-3-13(2,12(16)17)14-11(15)9-8-10-6-4-5-7-10/h10H,3-9H2,1-2H3,(H,14,15)(H,16,17). The van der Waals surface area contributed by atoms with E-state index in [2.05, 4.69) is 5.32 Å². The Morgan fingerprint density at radius 1 is 1.35 bits per heavy atom. The molecule has 0 spiro atoms. The summed E-state index contributed by atoms with van der Waals surface area (Å²) in [4.78, 5) is 22.7. The first-order valence-corrected chi connectivity index (χ1v) is 6.52. The molecule has 1 atom stereocenters. The largest absolute Gasteiger partial charge is 0.480 e. The van der Waals surface area contributed by atoms with Gasteiger partial charge in [0.15, 0.2) is 0 Å². The molecule has 1 aliphatic rings. The minimum absolute atomic E-state index is 0.136. The van der Waals surface area contributed by atoms with E-state index in [4.69, 9.17) is 5.11 Å². The van der Waals surface area contributed by atoms with Crippen molar-refractivity contribution < 1.29 is 14.7 Å². The number of carboxylic acids is 1. The zero-order valence-corrected chi connectivity index (χ0v) is 10.8. The van der Waals surface area contributed by atoms with E-state index in [9.17, 15) is 9.59 Å². The summed E-state index contributed by atoms with van der Waals surface area (Å²) in [6, 6.07) is 0. The van der Waals surface area contributed by atoms with E-state index in [0.29, 0.717) is 18.8 Å². The minimum atomic E-state index is -1.12. The van der Waals surface area contributed by atoms with Crippen molar-refractivity contribution in [1.82, 2.24) is 5.32 Å². The van der Waals surface area contributed by atoms with Crippen LogP contribution in [-0.2, 0) is 9.59 Å². The van der Waals surface area contributed by atoms with Gasteiger partial charge in [0.1, 0.15) is 5.54 Å². The highest BCUT2D eigenvalue weighted by Gasteiger charge is 2.32. The van der Waals surface area contributed by atoms with E-state index in [1.54, 1.807) is 13.8 Å². The Hall–Kier alpha value is -1.06. The van der Waals surface area contributed by atoms with Crippen LogP contribution < -0.4 is 5.32 Å². The molecule has 0 aliphatic heterocycles. The summed E-state index contributed by atoms with van der Waals surface area (Å²) >= 11 is 0. The lowest BCUT2D eigenvalue weighted by Crippen LogP contribution is -2.51. The highest BCUT2D eigenvalue weighted by Crippen LogP contribution is 2.28. The van der Waals surface area contributed by atoms with Gasteiger partial charge in [0.25, 0.3) is 0 Å². The number of aliphatic carboxylic acids is 1. The van der Waals surface area contributed by atoms with Gasteiger partial charge >= 0.3 is 5.97 Å². The van der Waals surface area contributed by atoms with Crippen LogP contribution in [0.4, 0.5) is 0 Å². The lowest BCUT2D eigenvalue weighted by Gasteiger charge is -2.24. The number of carbonyl (C=O) groups excluding carboxylic acids is 1. The average Bonchev–Trinajstić information content (AvgIpc) is 2.78. The first kappa shape index (κ1) is 14.0. The van der Waals surface area contributed by atoms with Crippen LogP contribution in [0.5, 0.6) is 0 Å². The molecule has 1 saturated carbocycles. The van der Waals surface area contributed by atoms with E-state index < -0.39 is 11.5 Å². The van der Waals surface area contributed by atoms with Gasteiger partial charge in [-0.25, -0.2) is 4.79 Å². The number of carboxylic acid groups (broad SMARTS) is 1. The SMILES string of the molecule is CCC(C)(NC(=O)CCC1CCCC1)C(=O)O. The molecule has 0 aromatic carbocycles. The van der Waals surface area contributed by atoms with Crippen LogP contribution in [0.3, 0.4) is 0 Å². The van der Waals surface area contributed by atoms with Gasteiger partial charge in [0.05, 0.1) is 0 Å². The van der Waals surface area contributed by atoms with E-state index in [1.807, 2.05) is 0 Å². The van der Waals surface area contributed by atoms with E-state index in [0.717, 1.165) is 6.42 Å². The van der Waals surface area contributed by atoms with Crippen molar-refractivity contribution in [2.75, 3.05) is 0 Å². The summed E-state index contributed by atoms with van der Waals surface area (Å²) in [5.41, 5.74) is -1.12. The fourth-order valence-electron chi connectivity index (χ4n) is 2.30. The van der Waals surface area contributed by atoms with Gasteiger partial charge in [-0.2, -0.15) is 0 Å². The highest BCUT2D eigenvalue weighted by molar-refractivity contribution is 5.86. The van der Waals surface area contributed by atoms with Crippen molar-refractivity contribution in [3.05, 3.63) is 0 Å². The van der Waals surface area contributed by atoms with Crippen LogP contribution in [0.25, 0.3) is 0 Å². The van der Waals surface area contributed by atoms with Crippen LogP contribution in [0.2, 0.25) is 0 Å². The van der Waals surface area contributed by atoms with E-state index >= 15 is 0 Å². The molecule has 0 radical (unpaired) electrons. The van der Waals surface area contributed by atoms with E-state index in [-0.39, 0.29) is 5.91 Å². The Bertz CT molecular complexity index is 284. The molecule has 0 heterocycles. The van der Waals surface area contributed by atoms with Crippen LogP contribution in [0.1, 0.15) is 58.8 Å². The normalized spacial score (nSPS) is 19.9. The second kappa shape index (κ2) is 6.03. The zero-order valence-electron chi connectivity index (χ0n) is 10.8. The number of carbonyl (C=O) groups is 2. The lowest BCUT2D eigenvalue weighted by atomic mass is 9.97. The van der Waals surface area contributed by atoms with Crippen LogP contribution in [-0.4, -0.2) is 22.5 Å². The molecule has 1 unspecified atom stereocenters. The maximum Gasteiger partial charge on any atom is 0.329 e. The Kier molecular flexibility index (Phi) is 4.97. The van der Waals surface area contributed by atoms with Gasteiger partial charge in [-0.15, -0.1) is 0 Å². The molecule has 0 aromatic heterocycles. The van der Waals surface area contributed by atoms with Crippen molar-refractivity contribution in [3.8, 4) is 0 Å². The minimum Gasteiger partial charge on any atom is -0.480 e. The Labute approximate surface area is 103 Å². The second-order valence-electron chi connectivity index (χ2n) is 5.23. The predicted molar refractivity (Wildman–Crippen MR) is 65.7 cm³/mol. The molecule has 1 fully saturated rings. The maximum absolute atomic E-state index is 11.7. The third kappa shape index (κ3) is 4.02. The first-order chi connectivity index (χ1) is 7.98. The fraction of sp³-hybridized carbons (Fsp3) is 0.846. The molecule has 0 saturated heterocycles. The molecule has 0 aromatic rings. The Morgan fingerprint density at radius 3 is 2.41 bits per heavy atom. The Morgan fingerprint density at radius 2 is 1.94 bits per heavy atom. The summed E-state index contributed by atoms with van der Waals surface area (Å²) in [7, 11) is 0. The monoisotopic (exact) mass is 241 g/mol. The van der Waals surface area contributed by atoms with Crippen LogP contribution in [0, 0.1) is 5.92 Å². The van der Waals surface area contributed by atoms with Crippen molar-refractivity contribution in [1.29, 1.82) is 0 Å². The predicted octanol–water partition coefficient (Wildman–Crippen LogP) is 2.33. The van der Waals surface area contributed by atoms with Crippen LogP contribution in [0.15, 0.2) is 0 Å². The van der Waals surface area contributed by atoms with Gasteiger partial charge in [0.2, 0.25) is 5.91 Å². The maximum atomic E-state index is 11.7. The molecule has 17 heavy (non-hydrogen) atoms. The van der Waals surface area contributed by atoms with Gasteiger partial charge in [-0.3, -0.25) is 4.79 Å². The molecule has 4 nitrogen and oxygen atoms in total. The summed E-state index contributed by atoms with van der Waals surface area (Å²) in [5.74, 6) is -0.434. The molecule has 2 N–H and O–H groups in total. The molecule has 4 heteroatoms. The number of rotatable bonds is 6. The van der Waals surface area contributed by atoms with Gasteiger partial charge in [0, 0.05) is 6.42 Å². The van der Waals surface area contributed by atoms with Crippen molar-refractivity contribution >= 4 is 11.9 Å². The molecule has 98 valence electrons. The van der Waals surface area contributed by atoms with Crippen LogP contribution >= 0.6 is 0 Å². The molecular weight excluding hydrogens is 218 g/mol. The van der Waals surface area contributed by atoms with Crippen molar-refractivity contribution in [3.63, 3.8) is 0 Å². The van der Waals surface area contributed by atoms with Crippen molar-refractivity contribution in [2.45, 2.75) is 64.3 Å². The quantitative estimate of drug-likeness (QED) is 0.750. The number of amides is 1. The summed E-state index contributed by atoms with van der Waals surface area (Å²) in [6.07, 6.45) is 6.73. The van der Waals surface area contributed by atoms with Gasteiger partial charge in [-0.1, -0.05) is 32.6 Å². The summed E-state index contributed by atoms with van der Waals surface area (Å²) in [6.45, 7) is 3.33. The summed E-state index contributed by atoms with van der Waals surface area (Å²) in [5, 5.41) is 11.7. The molecular formula is C13H23NO3. The van der Waals surface area contributed by atoms with Gasteiger partial charge in [-0.05, 0) is 25.7 Å². The van der Waals surface area contributed by atoms with Crippen molar-refractivity contribution in [2.24, 2.45) is 5.92 Å². The number of hydrogen-bond acceptors (Lipinski definition) is 2.